The molecule has 6 heteroatoms. The van der Waals surface area contributed by atoms with Crippen LogP contribution in [-0.2, 0) is 10.3 Å². The van der Waals surface area contributed by atoms with Crippen LogP contribution in [-0.4, -0.2) is 32.8 Å². The summed E-state index contributed by atoms with van der Waals surface area (Å²) in [5.41, 5.74) is 0.151. The monoisotopic (exact) mass is 281 g/mol. The summed E-state index contributed by atoms with van der Waals surface area (Å²) in [6.45, 7) is 9.75. The van der Waals surface area contributed by atoms with E-state index in [1.54, 1.807) is 10.9 Å². The highest BCUT2D eigenvalue weighted by molar-refractivity contribution is 5.96. The number of nitrogens with one attached hydrogen (secondary N) is 1. The Morgan fingerprint density at radius 2 is 2.00 bits per heavy atom. The summed E-state index contributed by atoms with van der Waals surface area (Å²) < 4.78 is 1.68. The van der Waals surface area contributed by atoms with E-state index in [9.17, 15) is 9.59 Å². The van der Waals surface area contributed by atoms with Gasteiger partial charge < -0.3 is 10.4 Å². The molecule has 0 spiro atoms. The first-order valence-corrected chi connectivity index (χ1v) is 6.70. The Labute approximate surface area is 119 Å². The van der Waals surface area contributed by atoms with Gasteiger partial charge in [-0.3, -0.25) is 9.48 Å². The minimum Gasteiger partial charge on any atom is -0.480 e. The van der Waals surface area contributed by atoms with Gasteiger partial charge in [0.15, 0.2) is 0 Å². The molecule has 0 saturated heterocycles. The molecule has 1 aromatic rings. The number of carbonyl (C=O) groups is 2. The number of carboxylic acid groups (broad SMARTS) is 1. The summed E-state index contributed by atoms with van der Waals surface area (Å²) >= 11 is 0. The number of amides is 1. The van der Waals surface area contributed by atoms with Crippen LogP contribution >= 0.6 is 0 Å². The molecule has 1 amide bonds. The maximum atomic E-state index is 12.1. The first-order valence-electron chi connectivity index (χ1n) is 6.70. The van der Waals surface area contributed by atoms with Crippen LogP contribution < -0.4 is 5.32 Å². The van der Waals surface area contributed by atoms with Crippen LogP contribution in [0.15, 0.2) is 12.4 Å². The van der Waals surface area contributed by atoms with Gasteiger partial charge in [-0.05, 0) is 33.1 Å². The number of carboxylic acids is 1. The standard InChI is InChI=1S/C14H23N3O3/c1-9(2)6-11(13(19)20)16-12(18)10-7-15-17(8-10)14(3,4)5/h7-9,11H,6H2,1-5H3,(H,16,18)(H,19,20). The lowest BCUT2D eigenvalue weighted by atomic mass is 10.0. The number of carbonyl (C=O) groups excluding carboxylic acids is 1. The third-order valence-corrected chi connectivity index (χ3v) is 2.84. The quantitative estimate of drug-likeness (QED) is 0.863. The van der Waals surface area contributed by atoms with E-state index in [-0.39, 0.29) is 11.5 Å². The van der Waals surface area contributed by atoms with Gasteiger partial charge in [0.25, 0.3) is 5.91 Å². The molecule has 1 rings (SSSR count). The number of rotatable bonds is 5. The third kappa shape index (κ3) is 4.36. The zero-order chi connectivity index (χ0) is 15.5. The van der Waals surface area contributed by atoms with Crippen LogP contribution in [0.4, 0.5) is 0 Å². The molecule has 0 bridgehead atoms. The lowest BCUT2D eigenvalue weighted by Crippen LogP contribution is -2.41. The summed E-state index contributed by atoms with van der Waals surface area (Å²) in [4.78, 5) is 23.2. The number of nitrogens with zero attached hydrogens (tertiary/aromatic N) is 2. The van der Waals surface area contributed by atoms with Crippen LogP contribution in [0.1, 0.15) is 51.4 Å². The molecule has 0 aliphatic carbocycles. The van der Waals surface area contributed by atoms with Gasteiger partial charge in [-0.25, -0.2) is 4.79 Å². The Bertz CT molecular complexity index is 486. The summed E-state index contributed by atoms with van der Waals surface area (Å²) in [5.74, 6) is -1.24. The Morgan fingerprint density at radius 1 is 1.40 bits per heavy atom. The highest BCUT2D eigenvalue weighted by atomic mass is 16.4. The largest absolute Gasteiger partial charge is 0.480 e. The molecule has 1 heterocycles. The van der Waals surface area contributed by atoms with E-state index in [4.69, 9.17) is 5.11 Å². The number of aromatic nitrogens is 2. The van der Waals surface area contributed by atoms with E-state index in [2.05, 4.69) is 10.4 Å². The number of hydrogen-bond acceptors (Lipinski definition) is 3. The molecule has 0 aromatic carbocycles. The molecule has 0 aliphatic rings. The van der Waals surface area contributed by atoms with E-state index in [1.807, 2.05) is 34.6 Å². The Kier molecular flexibility index (Phi) is 4.92. The van der Waals surface area contributed by atoms with E-state index < -0.39 is 17.9 Å². The molecule has 20 heavy (non-hydrogen) atoms. The second kappa shape index (κ2) is 6.07. The molecule has 0 saturated carbocycles. The first kappa shape index (κ1) is 16.2. The van der Waals surface area contributed by atoms with E-state index in [0.29, 0.717) is 12.0 Å². The highest BCUT2D eigenvalue weighted by Gasteiger charge is 2.23. The minimum absolute atomic E-state index is 0.189. The van der Waals surface area contributed by atoms with Crippen molar-refractivity contribution in [2.75, 3.05) is 0 Å². The summed E-state index contributed by atoms with van der Waals surface area (Å²) in [7, 11) is 0. The predicted molar refractivity (Wildman–Crippen MR) is 75.6 cm³/mol. The second-order valence-electron chi connectivity index (χ2n) is 6.34. The van der Waals surface area contributed by atoms with Crippen LogP contribution in [0, 0.1) is 5.92 Å². The van der Waals surface area contributed by atoms with Gasteiger partial charge in [0.1, 0.15) is 6.04 Å². The first-order chi connectivity index (χ1) is 9.11. The van der Waals surface area contributed by atoms with Gasteiger partial charge in [0.2, 0.25) is 0 Å². The molecule has 1 aromatic heterocycles. The van der Waals surface area contributed by atoms with Crippen LogP contribution in [0.5, 0.6) is 0 Å². The Morgan fingerprint density at radius 3 is 2.40 bits per heavy atom. The lowest BCUT2D eigenvalue weighted by Gasteiger charge is -2.19. The minimum atomic E-state index is -1.02. The Balaban J connectivity index is 2.79. The maximum absolute atomic E-state index is 12.1. The summed E-state index contributed by atoms with van der Waals surface area (Å²) in [6, 6.07) is -0.875. The van der Waals surface area contributed by atoms with Crippen molar-refractivity contribution in [3.8, 4) is 0 Å². The third-order valence-electron chi connectivity index (χ3n) is 2.84. The smallest absolute Gasteiger partial charge is 0.326 e. The van der Waals surface area contributed by atoms with Gasteiger partial charge in [0.05, 0.1) is 17.3 Å². The van der Waals surface area contributed by atoms with Crippen molar-refractivity contribution in [2.24, 2.45) is 5.92 Å². The van der Waals surface area contributed by atoms with E-state index >= 15 is 0 Å². The molecular formula is C14H23N3O3. The fourth-order valence-electron chi connectivity index (χ4n) is 1.74. The summed E-state index contributed by atoms with van der Waals surface area (Å²) in [6.07, 6.45) is 3.48. The van der Waals surface area contributed by atoms with Gasteiger partial charge in [-0.15, -0.1) is 0 Å². The maximum Gasteiger partial charge on any atom is 0.326 e. The van der Waals surface area contributed by atoms with Gasteiger partial charge in [0, 0.05) is 6.20 Å². The van der Waals surface area contributed by atoms with Crippen molar-refractivity contribution in [1.82, 2.24) is 15.1 Å². The van der Waals surface area contributed by atoms with Gasteiger partial charge in [-0.1, -0.05) is 13.8 Å². The van der Waals surface area contributed by atoms with Gasteiger partial charge in [-0.2, -0.15) is 5.10 Å². The van der Waals surface area contributed by atoms with Crippen LogP contribution in [0.2, 0.25) is 0 Å². The molecule has 2 N–H and O–H groups in total. The van der Waals surface area contributed by atoms with E-state index in [0.717, 1.165) is 0 Å². The zero-order valence-corrected chi connectivity index (χ0v) is 12.7. The number of hydrogen-bond donors (Lipinski definition) is 2. The second-order valence-corrected chi connectivity index (χ2v) is 6.34. The predicted octanol–water partition coefficient (Wildman–Crippen LogP) is 1.87. The molecule has 1 atom stereocenters. The average molecular weight is 281 g/mol. The normalized spacial score (nSPS) is 13.3. The number of aliphatic carboxylic acids is 1. The molecule has 112 valence electrons. The SMILES string of the molecule is CC(C)CC(NC(=O)c1cnn(C(C)(C)C)c1)C(=O)O. The van der Waals surface area contributed by atoms with Crippen molar-refractivity contribution in [2.45, 2.75) is 52.6 Å². The zero-order valence-electron chi connectivity index (χ0n) is 12.7. The van der Waals surface area contributed by atoms with Crippen molar-refractivity contribution >= 4 is 11.9 Å². The Hall–Kier alpha value is -1.85. The molecule has 6 nitrogen and oxygen atoms in total. The topological polar surface area (TPSA) is 84.2 Å². The molecule has 0 fully saturated rings. The molecule has 1 unspecified atom stereocenters. The van der Waals surface area contributed by atoms with Crippen molar-refractivity contribution in [3.05, 3.63) is 18.0 Å². The average Bonchev–Trinajstić information content (AvgIpc) is 2.75. The van der Waals surface area contributed by atoms with Crippen molar-refractivity contribution in [1.29, 1.82) is 0 Å². The fourth-order valence-corrected chi connectivity index (χ4v) is 1.74. The van der Waals surface area contributed by atoms with Crippen LogP contribution in [0.3, 0.4) is 0 Å². The molecule has 0 aliphatic heterocycles. The lowest BCUT2D eigenvalue weighted by molar-refractivity contribution is -0.139. The van der Waals surface area contributed by atoms with Crippen LogP contribution in [0.25, 0.3) is 0 Å². The molecule has 0 radical (unpaired) electrons. The van der Waals surface area contributed by atoms with Gasteiger partial charge >= 0.3 is 5.97 Å². The van der Waals surface area contributed by atoms with Crippen molar-refractivity contribution < 1.29 is 14.7 Å². The molecular weight excluding hydrogens is 258 g/mol. The van der Waals surface area contributed by atoms with Crippen molar-refractivity contribution in [3.63, 3.8) is 0 Å². The fraction of sp³-hybridized carbons (Fsp3) is 0.643. The highest BCUT2D eigenvalue weighted by Crippen LogP contribution is 2.13. The van der Waals surface area contributed by atoms with E-state index in [1.165, 1.54) is 6.20 Å². The summed E-state index contributed by atoms with van der Waals surface area (Å²) in [5, 5.41) is 15.8.